The number of nitrogens with zero attached hydrogens (tertiary/aromatic N) is 1. The molecule has 2 atom stereocenters. The Bertz CT molecular complexity index is 661. The van der Waals surface area contributed by atoms with Crippen LogP contribution in [0.15, 0.2) is 48.5 Å². The number of halogens is 1. The van der Waals surface area contributed by atoms with Crippen LogP contribution in [0.1, 0.15) is 23.5 Å². The van der Waals surface area contributed by atoms with Crippen LogP contribution in [0.3, 0.4) is 0 Å². The Morgan fingerprint density at radius 3 is 2.78 bits per heavy atom. The fourth-order valence-electron chi connectivity index (χ4n) is 3.39. The Morgan fingerprint density at radius 1 is 1.17 bits per heavy atom. The van der Waals surface area contributed by atoms with Crippen LogP contribution in [0.25, 0.3) is 0 Å². The highest BCUT2D eigenvalue weighted by molar-refractivity contribution is 6.30. The van der Waals surface area contributed by atoms with E-state index in [-0.39, 0.29) is 6.04 Å². The third-order valence-electron chi connectivity index (χ3n) is 4.42. The van der Waals surface area contributed by atoms with E-state index < -0.39 is 0 Å². The van der Waals surface area contributed by atoms with Crippen molar-refractivity contribution >= 4 is 11.6 Å². The monoisotopic (exact) mass is 330 g/mol. The zero-order valence-corrected chi connectivity index (χ0v) is 14.2. The largest absolute Gasteiger partial charge is 0.497 e. The highest BCUT2D eigenvalue weighted by Gasteiger charge is 2.26. The molecular formula is C19H23ClN2O. The fraction of sp³-hybridized carbons (Fsp3) is 0.368. The number of ether oxygens (including phenoxy) is 1. The molecular weight excluding hydrogens is 308 g/mol. The van der Waals surface area contributed by atoms with E-state index in [2.05, 4.69) is 29.2 Å². The zero-order chi connectivity index (χ0) is 16.2. The molecule has 4 heteroatoms. The van der Waals surface area contributed by atoms with Gasteiger partial charge >= 0.3 is 0 Å². The predicted molar refractivity (Wildman–Crippen MR) is 95.1 cm³/mol. The van der Waals surface area contributed by atoms with E-state index in [1.807, 2.05) is 24.3 Å². The molecule has 2 unspecified atom stereocenters. The molecule has 0 aromatic heterocycles. The molecule has 1 aliphatic heterocycles. The van der Waals surface area contributed by atoms with Crippen LogP contribution in [-0.2, 0) is 6.54 Å². The van der Waals surface area contributed by atoms with Crippen molar-refractivity contribution in [1.29, 1.82) is 0 Å². The Morgan fingerprint density at radius 2 is 2.00 bits per heavy atom. The van der Waals surface area contributed by atoms with E-state index in [1.165, 1.54) is 11.1 Å². The molecule has 0 amide bonds. The summed E-state index contributed by atoms with van der Waals surface area (Å²) in [5.41, 5.74) is 8.84. The Balaban J connectivity index is 1.73. The molecule has 2 aromatic carbocycles. The fourth-order valence-corrected chi connectivity index (χ4v) is 3.60. The Kier molecular flexibility index (Phi) is 5.21. The van der Waals surface area contributed by atoms with Crippen LogP contribution in [0, 0.1) is 0 Å². The number of nitrogens with two attached hydrogens (primary N) is 1. The van der Waals surface area contributed by atoms with Gasteiger partial charge < -0.3 is 10.5 Å². The summed E-state index contributed by atoms with van der Waals surface area (Å²) in [6, 6.07) is 16.6. The lowest BCUT2D eigenvalue weighted by molar-refractivity contribution is 0.181. The summed E-state index contributed by atoms with van der Waals surface area (Å²) < 4.78 is 5.35. The highest BCUT2D eigenvalue weighted by atomic mass is 35.5. The van der Waals surface area contributed by atoms with Crippen molar-refractivity contribution in [1.82, 2.24) is 4.90 Å². The Hall–Kier alpha value is -1.55. The standard InChI is InChI=1S/C19H23ClN2O/c1-23-19-7-3-5-15(10-19)16-9-18(21)13-22(12-16)11-14-4-2-6-17(20)8-14/h2-8,10,16,18H,9,11-13,21H2,1H3. The number of methoxy groups -OCH3 is 1. The van der Waals surface area contributed by atoms with Crippen LogP contribution < -0.4 is 10.5 Å². The van der Waals surface area contributed by atoms with E-state index in [0.29, 0.717) is 5.92 Å². The average Bonchev–Trinajstić information content (AvgIpc) is 2.54. The average molecular weight is 331 g/mol. The molecule has 1 aliphatic rings. The number of piperidine rings is 1. The first-order valence-electron chi connectivity index (χ1n) is 8.00. The van der Waals surface area contributed by atoms with Crippen molar-refractivity contribution in [3.05, 3.63) is 64.7 Å². The van der Waals surface area contributed by atoms with Gasteiger partial charge in [0, 0.05) is 30.7 Å². The third-order valence-corrected chi connectivity index (χ3v) is 4.65. The SMILES string of the molecule is COc1cccc(C2CC(N)CN(Cc3cccc(Cl)c3)C2)c1. The molecule has 2 aromatic rings. The molecule has 2 N–H and O–H groups in total. The van der Waals surface area contributed by atoms with Gasteiger partial charge in [-0.15, -0.1) is 0 Å². The van der Waals surface area contributed by atoms with E-state index in [4.69, 9.17) is 22.1 Å². The summed E-state index contributed by atoms with van der Waals surface area (Å²) >= 11 is 6.09. The summed E-state index contributed by atoms with van der Waals surface area (Å²) in [7, 11) is 1.71. The molecule has 1 heterocycles. The van der Waals surface area contributed by atoms with Gasteiger partial charge in [0.05, 0.1) is 7.11 Å². The number of likely N-dealkylation sites (tertiary alicyclic amines) is 1. The maximum atomic E-state index is 6.31. The molecule has 3 nitrogen and oxygen atoms in total. The maximum Gasteiger partial charge on any atom is 0.119 e. The Labute approximate surface area is 143 Å². The first-order chi connectivity index (χ1) is 11.1. The molecule has 0 aliphatic carbocycles. The second-order valence-electron chi connectivity index (χ2n) is 6.29. The molecule has 3 rings (SSSR count). The van der Waals surface area contributed by atoms with Crippen molar-refractivity contribution in [2.45, 2.75) is 24.9 Å². The summed E-state index contributed by atoms with van der Waals surface area (Å²) in [4.78, 5) is 2.42. The lowest BCUT2D eigenvalue weighted by atomic mass is 9.88. The van der Waals surface area contributed by atoms with E-state index in [1.54, 1.807) is 7.11 Å². The summed E-state index contributed by atoms with van der Waals surface area (Å²) in [6.07, 6.45) is 1.01. The van der Waals surface area contributed by atoms with Gasteiger partial charge in [0.25, 0.3) is 0 Å². The second kappa shape index (κ2) is 7.35. The number of hydrogen-bond acceptors (Lipinski definition) is 3. The topological polar surface area (TPSA) is 38.5 Å². The van der Waals surface area contributed by atoms with E-state index in [0.717, 1.165) is 36.8 Å². The van der Waals surface area contributed by atoms with Crippen LogP contribution in [-0.4, -0.2) is 31.1 Å². The summed E-state index contributed by atoms with van der Waals surface area (Å²) in [5, 5.41) is 0.785. The molecule has 1 saturated heterocycles. The van der Waals surface area contributed by atoms with Crippen molar-refractivity contribution < 1.29 is 4.74 Å². The van der Waals surface area contributed by atoms with Crippen molar-refractivity contribution in [3.63, 3.8) is 0 Å². The van der Waals surface area contributed by atoms with Gasteiger partial charge in [-0.05, 0) is 47.7 Å². The first-order valence-corrected chi connectivity index (χ1v) is 8.38. The van der Waals surface area contributed by atoms with Crippen molar-refractivity contribution in [2.75, 3.05) is 20.2 Å². The van der Waals surface area contributed by atoms with Gasteiger partial charge in [-0.2, -0.15) is 0 Å². The second-order valence-corrected chi connectivity index (χ2v) is 6.73. The normalized spacial score (nSPS) is 22.0. The minimum atomic E-state index is 0.194. The number of hydrogen-bond donors (Lipinski definition) is 1. The number of rotatable bonds is 4. The molecule has 0 saturated carbocycles. The van der Waals surface area contributed by atoms with Gasteiger partial charge in [0.15, 0.2) is 0 Å². The van der Waals surface area contributed by atoms with Crippen LogP contribution in [0.5, 0.6) is 5.75 Å². The minimum Gasteiger partial charge on any atom is -0.497 e. The third kappa shape index (κ3) is 4.25. The van der Waals surface area contributed by atoms with Crippen molar-refractivity contribution in [3.8, 4) is 5.75 Å². The van der Waals surface area contributed by atoms with E-state index in [9.17, 15) is 0 Å². The first kappa shape index (κ1) is 16.3. The zero-order valence-electron chi connectivity index (χ0n) is 13.4. The van der Waals surface area contributed by atoms with Gasteiger partial charge in [-0.25, -0.2) is 0 Å². The summed E-state index contributed by atoms with van der Waals surface area (Å²) in [5.74, 6) is 1.34. The maximum absolute atomic E-state index is 6.31. The van der Waals surface area contributed by atoms with Crippen LogP contribution in [0.4, 0.5) is 0 Å². The van der Waals surface area contributed by atoms with Crippen LogP contribution in [0.2, 0.25) is 5.02 Å². The smallest absolute Gasteiger partial charge is 0.119 e. The number of benzene rings is 2. The van der Waals surface area contributed by atoms with Crippen LogP contribution >= 0.6 is 11.6 Å². The molecule has 122 valence electrons. The molecule has 0 bridgehead atoms. The van der Waals surface area contributed by atoms with Gasteiger partial charge in [-0.3, -0.25) is 4.90 Å². The molecule has 1 fully saturated rings. The summed E-state index contributed by atoms with van der Waals surface area (Å²) in [6.45, 7) is 2.81. The van der Waals surface area contributed by atoms with E-state index >= 15 is 0 Å². The van der Waals surface area contributed by atoms with Gasteiger partial charge in [-0.1, -0.05) is 35.9 Å². The predicted octanol–water partition coefficient (Wildman–Crippen LogP) is 3.67. The minimum absolute atomic E-state index is 0.194. The molecule has 0 spiro atoms. The quantitative estimate of drug-likeness (QED) is 0.929. The van der Waals surface area contributed by atoms with Gasteiger partial charge in [0.1, 0.15) is 5.75 Å². The lowest BCUT2D eigenvalue weighted by Crippen LogP contribution is -2.45. The highest BCUT2D eigenvalue weighted by Crippen LogP contribution is 2.29. The molecule has 0 radical (unpaired) electrons. The van der Waals surface area contributed by atoms with Gasteiger partial charge in [0.2, 0.25) is 0 Å². The molecule has 23 heavy (non-hydrogen) atoms. The van der Waals surface area contributed by atoms with Crippen molar-refractivity contribution in [2.24, 2.45) is 5.73 Å². The lowest BCUT2D eigenvalue weighted by Gasteiger charge is -2.36.